The van der Waals surface area contributed by atoms with Gasteiger partial charge in [-0.3, -0.25) is 14.8 Å². The molecule has 0 spiro atoms. The van der Waals surface area contributed by atoms with Crippen LogP contribution in [0.1, 0.15) is 12.0 Å². The van der Waals surface area contributed by atoms with Crippen molar-refractivity contribution < 1.29 is 37.7 Å². The molecule has 0 fully saturated rings. The number of halogens is 3. The van der Waals surface area contributed by atoms with E-state index in [2.05, 4.69) is 9.97 Å². The lowest BCUT2D eigenvalue weighted by Gasteiger charge is -2.05. The van der Waals surface area contributed by atoms with E-state index in [1.165, 1.54) is 0 Å². The second-order valence-corrected chi connectivity index (χ2v) is 4.34. The minimum atomic E-state index is -5.08. The topological polar surface area (TPSA) is 110 Å². The highest BCUT2D eigenvalue weighted by Gasteiger charge is 2.38. The lowest BCUT2D eigenvalue weighted by molar-refractivity contribution is -0.192. The Morgan fingerprint density at radius 2 is 1.75 bits per heavy atom. The summed E-state index contributed by atoms with van der Waals surface area (Å²) in [7, 11) is 0. The van der Waals surface area contributed by atoms with Crippen LogP contribution in [-0.4, -0.2) is 44.9 Å². The van der Waals surface area contributed by atoms with Gasteiger partial charge in [0.2, 0.25) is 0 Å². The standard InChI is InChI=1S/C12H12N2O3.C2HF3O2/c15-11(16)4-7-17-8-9-2-1-3-10-12(9)14-6-5-13-10;3-2(4,5)1(6)7/h1-3,5-6H,4,7-8H2,(H,15,16);(H,6,7). The third kappa shape index (κ3) is 6.57. The van der Waals surface area contributed by atoms with Gasteiger partial charge in [0.15, 0.2) is 0 Å². The molecule has 0 bridgehead atoms. The Hall–Kier alpha value is -2.75. The first-order valence-corrected chi connectivity index (χ1v) is 6.50. The van der Waals surface area contributed by atoms with E-state index < -0.39 is 18.1 Å². The van der Waals surface area contributed by atoms with Crippen LogP contribution in [0.5, 0.6) is 0 Å². The largest absolute Gasteiger partial charge is 0.490 e. The number of rotatable bonds is 5. The lowest BCUT2D eigenvalue weighted by Crippen LogP contribution is -2.21. The second kappa shape index (κ2) is 8.77. The Labute approximate surface area is 133 Å². The molecule has 2 N–H and O–H groups in total. The van der Waals surface area contributed by atoms with Crippen molar-refractivity contribution in [2.24, 2.45) is 0 Å². The number of alkyl halides is 3. The van der Waals surface area contributed by atoms with Crippen LogP contribution < -0.4 is 0 Å². The van der Waals surface area contributed by atoms with Crippen molar-refractivity contribution in [1.82, 2.24) is 9.97 Å². The lowest BCUT2D eigenvalue weighted by atomic mass is 10.2. The van der Waals surface area contributed by atoms with Gasteiger partial charge in [-0.1, -0.05) is 12.1 Å². The summed E-state index contributed by atoms with van der Waals surface area (Å²) >= 11 is 0. The van der Waals surface area contributed by atoms with Crippen molar-refractivity contribution in [3.8, 4) is 0 Å². The van der Waals surface area contributed by atoms with Gasteiger partial charge >= 0.3 is 18.1 Å². The Balaban J connectivity index is 0.000000351. The molecule has 0 atom stereocenters. The normalized spacial score (nSPS) is 10.8. The van der Waals surface area contributed by atoms with Crippen molar-refractivity contribution in [3.05, 3.63) is 36.2 Å². The van der Waals surface area contributed by atoms with Crippen LogP contribution >= 0.6 is 0 Å². The zero-order valence-corrected chi connectivity index (χ0v) is 12.2. The summed E-state index contributed by atoms with van der Waals surface area (Å²) in [6, 6.07) is 5.66. The van der Waals surface area contributed by atoms with Crippen molar-refractivity contribution in [2.75, 3.05) is 6.61 Å². The fourth-order valence-corrected chi connectivity index (χ4v) is 1.51. The van der Waals surface area contributed by atoms with E-state index in [4.69, 9.17) is 19.7 Å². The van der Waals surface area contributed by atoms with E-state index >= 15 is 0 Å². The van der Waals surface area contributed by atoms with Crippen LogP contribution in [0.15, 0.2) is 30.6 Å². The molecule has 0 amide bonds. The number of para-hydroxylation sites is 1. The van der Waals surface area contributed by atoms with E-state index in [0.717, 1.165) is 16.6 Å². The van der Waals surface area contributed by atoms with Crippen LogP contribution in [0.25, 0.3) is 11.0 Å². The summed E-state index contributed by atoms with van der Waals surface area (Å²) in [5.74, 6) is -3.62. The van der Waals surface area contributed by atoms with Gasteiger partial charge < -0.3 is 14.9 Å². The monoisotopic (exact) mass is 346 g/mol. The Bertz CT molecular complexity index is 701. The first-order chi connectivity index (χ1) is 11.2. The Morgan fingerprint density at radius 1 is 1.12 bits per heavy atom. The number of carboxylic acids is 2. The number of hydrogen-bond donors (Lipinski definition) is 2. The third-order valence-corrected chi connectivity index (χ3v) is 2.54. The van der Waals surface area contributed by atoms with Crippen LogP contribution in [0, 0.1) is 0 Å². The highest BCUT2D eigenvalue weighted by Crippen LogP contribution is 2.14. The van der Waals surface area contributed by atoms with Gasteiger partial charge in [0.05, 0.1) is 30.7 Å². The number of ether oxygens (including phenoxy) is 1. The molecule has 0 radical (unpaired) electrons. The fraction of sp³-hybridized carbons (Fsp3) is 0.286. The third-order valence-electron chi connectivity index (χ3n) is 2.54. The average molecular weight is 346 g/mol. The quantitative estimate of drug-likeness (QED) is 0.799. The maximum Gasteiger partial charge on any atom is 0.490 e. The summed E-state index contributed by atoms with van der Waals surface area (Å²) in [5, 5.41) is 15.6. The van der Waals surface area contributed by atoms with Gasteiger partial charge in [-0.05, 0) is 6.07 Å². The van der Waals surface area contributed by atoms with E-state index in [9.17, 15) is 18.0 Å². The Kier molecular flexibility index (Phi) is 7.05. The minimum Gasteiger partial charge on any atom is -0.481 e. The van der Waals surface area contributed by atoms with Gasteiger partial charge in [-0.2, -0.15) is 13.2 Å². The van der Waals surface area contributed by atoms with Crippen LogP contribution in [0.2, 0.25) is 0 Å². The maximum absolute atomic E-state index is 10.6. The number of benzene rings is 1. The van der Waals surface area contributed by atoms with Gasteiger partial charge in [0.1, 0.15) is 0 Å². The predicted molar refractivity (Wildman–Crippen MR) is 75.1 cm³/mol. The minimum absolute atomic E-state index is 0.0104. The number of aromatic nitrogens is 2. The van der Waals surface area contributed by atoms with E-state index in [-0.39, 0.29) is 13.0 Å². The van der Waals surface area contributed by atoms with Gasteiger partial charge in [-0.25, -0.2) is 4.79 Å². The molecule has 1 heterocycles. The molecule has 1 aromatic heterocycles. The first kappa shape index (κ1) is 19.3. The van der Waals surface area contributed by atoms with Crippen LogP contribution in [0.3, 0.4) is 0 Å². The van der Waals surface area contributed by atoms with Crippen molar-refractivity contribution in [3.63, 3.8) is 0 Å². The molecule has 0 saturated heterocycles. The number of carbonyl (C=O) groups is 2. The number of nitrogens with zero attached hydrogens (tertiary/aromatic N) is 2. The smallest absolute Gasteiger partial charge is 0.481 e. The summed E-state index contributed by atoms with van der Waals surface area (Å²) in [6.45, 7) is 0.551. The van der Waals surface area contributed by atoms with Crippen molar-refractivity contribution >= 4 is 23.0 Å². The van der Waals surface area contributed by atoms with Gasteiger partial charge in [0, 0.05) is 18.0 Å². The second-order valence-electron chi connectivity index (χ2n) is 4.34. The first-order valence-electron chi connectivity index (χ1n) is 6.50. The maximum atomic E-state index is 10.6. The molecular weight excluding hydrogens is 333 g/mol. The van der Waals surface area contributed by atoms with E-state index in [1.54, 1.807) is 12.4 Å². The predicted octanol–water partition coefficient (Wildman–Crippen LogP) is 2.25. The van der Waals surface area contributed by atoms with Crippen LogP contribution in [0.4, 0.5) is 13.2 Å². The van der Waals surface area contributed by atoms with Crippen molar-refractivity contribution in [1.29, 1.82) is 0 Å². The molecule has 1 aromatic carbocycles. The van der Waals surface area contributed by atoms with Gasteiger partial charge in [-0.15, -0.1) is 0 Å². The summed E-state index contributed by atoms with van der Waals surface area (Å²) in [4.78, 5) is 27.6. The molecule has 0 saturated carbocycles. The summed E-state index contributed by atoms with van der Waals surface area (Å²) in [6.07, 6.45) is -1.81. The SMILES string of the molecule is O=C(O)C(F)(F)F.O=C(O)CCOCc1cccc2nccnc12. The van der Waals surface area contributed by atoms with Crippen LogP contribution in [-0.2, 0) is 20.9 Å². The molecule has 24 heavy (non-hydrogen) atoms. The van der Waals surface area contributed by atoms with E-state index in [0.29, 0.717) is 6.61 Å². The number of carboxylic acid groups (broad SMARTS) is 2. The molecule has 0 aliphatic carbocycles. The zero-order valence-electron chi connectivity index (χ0n) is 12.2. The summed E-state index contributed by atoms with van der Waals surface area (Å²) in [5.41, 5.74) is 2.53. The average Bonchev–Trinajstić information content (AvgIpc) is 2.51. The molecule has 10 heteroatoms. The Morgan fingerprint density at radius 3 is 2.33 bits per heavy atom. The summed E-state index contributed by atoms with van der Waals surface area (Å²) < 4.78 is 37.0. The van der Waals surface area contributed by atoms with Crippen molar-refractivity contribution in [2.45, 2.75) is 19.2 Å². The molecule has 0 aliphatic heterocycles. The number of aliphatic carboxylic acids is 2. The molecule has 2 rings (SSSR count). The highest BCUT2D eigenvalue weighted by atomic mass is 19.4. The molecule has 7 nitrogen and oxygen atoms in total. The number of hydrogen-bond acceptors (Lipinski definition) is 5. The molecule has 2 aromatic rings. The molecule has 0 aliphatic rings. The molecular formula is C14H13F3N2O5. The van der Waals surface area contributed by atoms with Gasteiger partial charge in [0.25, 0.3) is 0 Å². The fourth-order valence-electron chi connectivity index (χ4n) is 1.51. The van der Waals surface area contributed by atoms with E-state index in [1.807, 2.05) is 18.2 Å². The zero-order chi connectivity index (χ0) is 18.2. The molecule has 130 valence electrons. The molecule has 0 unspecified atom stereocenters. The number of fused-ring (bicyclic) bond motifs is 1. The highest BCUT2D eigenvalue weighted by molar-refractivity contribution is 5.77.